The maximum Gasteiger partial charge on any atom is 0.269 e. The Morgan fingerprint density at radius 1 is 1.15 bits per heavy atom. The Morgan fingerprint density at radius 2 is 1.81 bits per heavy atom. The minimum atomic E-state index is -0.424. The molecule has 0 heterocycles. The van der Waals surface area contributed by atoms with Gasteiger partial charge in [0.1, 0.15) is 5.82 Å². The van der Waals surface area contributed by atoms with Crippen molar-refractivity contribution in [1.29, 1.82) is 0 Å². The predicted octanol–water partition coefficient (Wildman–Crippen LogP) is 4.08. The Kier molecular flexibility index (Phi) is 10.1. The number of nitrogens with one attached hydrogen (secondary N) is 2. The molecule has 2 N–H and O–H groups in total. The van der Waals surface area contributed by atoms with Crippen molar-refractivity contribution >= 4 is 47.4 Å². The highest BCUT2D eigenvalue weighted by molar-refractivity contribution is 14.0. The van der Waals surface area contributed by atoms with E-state index in [1.165, 1.54) is 18.2 Å². The van der Waals surface area contributed by atoms with Crippen LogP contribution in [0, 0.1) is 15.9 Å². The minimum absolute atomic E-state index is 0. The van der Waals surface area contributed by atoms with E-state index in [1.54, 1.807) is 43.1 Å². The Labute approximate surface area is 179 Å². The molecule has 2 rings (SSSR count). The highest BCUT2D eigenvalue weighted by Crippen LogP contribution is 2.16. The lowest BCUT2D eigenvalue weighted by Gasteiger charge is -2.14. The van der Waals surface area contributed by atoms with Crippen molar-refractivity contribution in [1.82, 2.24) is 10.6 Å². The van der Waals surface area contributed by atoms with E-state index in [2.05, 4.69) is 15.6 Å². The predicted molar refractivity (Wildman–Crippen MR) is 119 cm³/mol. The molecule has 0 saturated heterocycles. The van der Waals surface area contributed by atoms with Crippen LogP contribution in [0.15, 0.2) is 47.5 Å². The molecule has 0 aliphatic heterocycles. The van der Waals surface area contributed by atoms with Crippen molar-refractivity contribution in [2.45, 2.75) is 18.8 Å². The van der Waals surface area contributed by atoms with Crippen LogP contribution in [0.4, 0.5) is 10.1 Å². The van der Waals surface area contributed by atoms with Crippen molar-refractivity contribution in [3.05, 3.63) is 75.1 Å². The van der Waals surface area contributed by atoms with Crippen LogP contribution in [-0.4, -0.2) is 24.2 Å². The van der Waals surface area contributed by atoms with Gasteiger partial charge in [-0.25, -0.2) is 4.39 Å². The third-order valence-corrected chi connectivity index (χ3v) is 4.34. The Balaban J connectivity index is 0.00000364. The van der Waals surface area contributed by atoms with Gasteiger partial charge in [-0.2, -0.15) is 11.8 Å². The van der Waals surface area contributed by atoms with Crippen LogP contribution in [0.1, 0.15) is 16.7 Å². The van der Waals surface area contributed by atoms with Gasteiger partial charge in [-0.05, 0) is 35.1 Å². The highest BCUT2D eigenvalue weighted by atomic mass is 127. The molecular weight excluding hydrogens is 482 g/mol. The topological polar surface area (TPSA) is 79.6 Å². The van der Waals surface area contributed by atoms with Gasteiger partial charge in [0.15, 0.2) is 5.96 Å². The highest BCUT2D eigenvalue weighted by Gasteiger charge is 2.07. The van der Waals surface area contributed by atoms with Crippen molar-refractivity contribution in [2.75, 3.05) is 13.3 Å². The second-order valence-corrected chi connectivity index (χ2v) is 6.41. The Bertz CT molecular complexity index is 787. The summed E-state index contributed by atoms with van der Waals surface area (Å²) in [5.41, 5.74) is 2.94. The Morgan fingerprint density at radius 3 is 2.41 bits per heavy atom. The Hall–Kier alpha value is -1.88. The largest absolute Gasteiger partial charge is 0.352 e. The lowest BCUT2D eigenvalue weighted by Crippen LogP contribution is -2.36. The molecule has 0 fully saturated rings. The summed E-state index contributed by atoms with van der Waals surface area (Å²) in [6.45, 7) is 1.01. The van der Waals surface area contributed by atoms with Gasteiger partial charge in [0.25, 0.3) is 5.69 Å². The molecule has 27 heavy (non-hydrogen) atoms. The van der Waals surface area contributed by atoms with Crippen molar-refractivity contribution in [2.24, 2.45) is 4.99 Å². The molecule has 0 aliphatic rings. The van der Waals surface area contributed by atoms with Crippen LogP contribution in [0.25, 0.3) is 0 Å². The fraction of sp³-hybridized carbons (Fsp3) is 0.278. The molecule has 0 aliphatic carbocycles. The van der Waals surface area contributed by atoms with E-state index < -0.39 is 4.92 Å². The van der Waals surface area contributed by atoms with Crippen LogP contribution >= 0.6 is 35.7 Å². The number of rotatable bonds is 7. The number of halogens is 2. The van der Waals surface area contributed by atoms with E-state index in [4.69, 9.17) is 0 Å². The summed E-state index contributed by atoms with van der Waals surface area (Å²) < 4.78 is 13.4. The molecule has 2 aromatic rings. The molecule has 0 atom stereocenters. The average Bonchev–Trinajstić information content (AvgIpc) is 2.64. The standard InChI is InChI=1S/C18H21FN4O2S.HI/c1-20-18(21-10-13-3-7-17(8-4-13)23(24)25)22-11-14-5-6-16(19)9-15(14)12-26-2;/h3-9H,10-12H2,1-2H3,(H2,20,21,22);1H. The van der Waals surface area contributed by atoms with E-state index in [9.17, 15) is 14.5 Å². The summed E-state index contributed by atoms with van der Waals surface area (Å²) in [4.78, 5) is 14.4. The number of hydrogen-bond donors (Lipinski definition) is 2. The van der Waals surface area contributed by atoms with E-state index in [1.807, 2.05) is 6.26 Å². The molecule has 0 spiro atoms. The molecule has 0 radical (unpaired) electrons. The number of thioether (sulfide) groups is 1. The summed E-state index contributed by atoms with van der Waals surface area (Å²) in [6.07, 6.45) is 1.98. The van der Waals surface area contributed by atoms with E-state index in [0.717, 1.165) is 22.4 Å². The molecule has 9 heteroatoms. The fourth-order valence-electron chi connectivity index (χ4n) is 2.38. The van der Waals surface area contributed by atoms with Crippen LogP contribution in [-0.2, 0) is 18.8 Å². The fourth-order valence-corrected chi connectivity index (χ4v) is 2.96. The summed E-state index contributed by atoms with van der Waals surface area (Å²) in [6, 6.07) is 11.1. The number of nitrogens with zero attached hydrogens (tertiary/aromatic N) is 2. The number of nitro groups is 1. The monoisotopic (exact) mass is 504 g/mol. The van der Waals surface area contributed by atoms with Gasteiger partial charge in [0, 0.05) is 38.0 Å². The van der Waals surface area contributed by atoms with Gasteiger partial charge in [-0.1, -0.05) is 18.2 Å². The lowest BCUT2D eigenvalue weighted by atomic mass is 10.1. The number of non-ortho nitro benzene ring substituents is 1. The molecule has 0 aromatic heterocycles. The summed E-state index contributed by atoms with van der Waals surface area (Å²) in [5.74, 6) is 1.10. The number of aliphatic imine (C=N–C) groups is 1. The van der Waals surface area contributed by atoms with E-state index >= 15 is 0 Å². The smallest absolute Gasteiger partial charge is 0.269 e. The first-order chi connectivity index (χ1) is 12.5. The van der Waals surface area contributed by atoms with Gasteiger partial charge in [-0.3, -0.25) is 15.1 Å². The molecule has 0 bridgehead atoms. The first-order valence-corrected chi connectivity index (χ1v) is 9.37. The summed E-state index contributed by atoms with van der Waals surface area (Å²) in [7, 11) is 1.67. The number of nitro benzene ring substituents is 1. The van der Waals surface area contributed by atoms with Crippen LogP contribution in [0.5, 0.6) is 0 Å². The van der Waals surface area contributed by atoms with Gasteiger partial charge in [-0.15, -0.1) is 24.0 Å². The van der Waals surface area contributed by atoms with Gasteiger partial charge in [0.05, 0.1) is 4.92 Å². The summed E-state index contributed by atoms with van der Waals surface area (Å²) in [5, 5.41) is 17.0. The third-order valence-electron chi connectivity index (χ3n) is 3.75. The maximum atomic E-state index is 13.4. The minimum Gasteiger partial charge on any atom is -0.352 e. The SMILES string of the molecule is CN=C(NCc1ccc([N+](=O)[O-])cc1)NCc1ccc(F)cc1CSC.I. The van der Waals surface area contributed by atoms with Gasteiger partial charge < -0.3 is 10.6 Å². The first-order valence-electron chi connectivity index (χ1n) is 7.97. The van der Waals surface area contributed by atoms with Crippen molar-refractivity contribution in [3.8, 4) is 0 Å². The summed E-state index contributed by atoms with van der Waals surface area (Å²) >= 11 is 1.64. The zero-order valence-electron chi connectivity index (χ0n) is 15.1. The molecule has 0 amide bonds. The van der Waals surface area contributed by atoms with Crippen LogP contribution in [0.3, 0.4) is 0 Å². The van der Waals surface area contributed by atoms with Crippen molar-refractivity contribution < 1.29 is 9.31 Å². The molecular formula is C18H22FIN4O2S. The second-order valence-electron chi connectivity index (χ2n) is 5.55. The van der Waals surface area contributed by atoms with Crippen molar-refractivity contribution in [3.63, 3.8) is 0 Å². The zero-order valence-corrected chi connectivity index (χ0v) is 18.2. The zero-order chi connectivity index (χ0) is 18.9. The van der Waals surface area contributed by atoms with E-state index in [0.29, 0.717) is 19.0 Å². The van der Waals surface area contributed by atoms with Crippen LogP contribution < -0.4 is 10.6 Å². The molecule has 0 unspecified atom stereocenters. The van der Waals surface area contributed by atoms with Gasteiger partial charge >= 0.3 is 0 Å². The first kappa shape index (κ1) is 23.2. The normalized spacial score (nSPS) is 10.9. The van der Waals surface area contributed by atoms with Crippen LogP contribution in [0.2, 0.25) is 0 Å². The molecule has 0 saturated carbocycles. The third kappa shape index (κ3) is 7.33. The average molecular weight is 504 g/mol. The number of benzene rings is 2. The maximum absolute atomic E-state index is 13.4. The molecule has 2 aromatic carbocycles. The second kappa shape index (κ2) is 11.8. The number of hydrogen-bond acceptors (Lipinski definition) is 4. The quantitative estimate of drug-likeness (QED) is 0.195. The lowest BCUT2D eigenvalue weighted by molar-refractivity contribution is -0.384. The van der Waals surface area contributed by atoms with Gasteiger partial charge in [0.2, 0.25) is 0 Å². The van der Waals surface area contributed by atoms with E-state index in [-0.39, 0.29) is 35.5 Å². The molecule has 6 nitrogen and oxygen atoms in total. The molecule has 146 valence electrons. The number of guanidine groups is 1.